The lowest BCUT2D eigenvalue weighted by atomic mass is 9.78. The SMILES string of the molecule is CCCC(CNCCSS(=O)(=O)O)C1CCCCC1. The van der Waals surface area contributed by atoms with Crippen molar-refractivity contribution in [2.24, 2.45) is 11.8 Å². The highest BCUT2D eigenvalue weighted by atomic mass is 33.1. The van der Waals surface area contributed by atoms with Crippen molar-refractivity contribution in [2.45, 2.75) is 51.9 Å². The molecule has 0 saturated heterocycles. The first-order valence-electron chi connectivity index (χ1n) is 7.35. The van der Waals surface area contributed by atoms with Crippen LogP contribution in [0.1, 0.15) is 51.9 Å². The van der Waals surface area contributed by atoms with E-state index in [2.05, 4.69) is 12.2 Å². The summed E-state index contributed by atoms with van der Waals surface area (Å²) in [7, 11) is -3.28. The Hall–Kier alpha value is 0.220. The summed E-state index contributed by atoms with van der Waals surface area (Å²) in [4.78, 5) is 0. The van der Waals surface area contributed by atoms with Crippen molar-refractivity contribution in [1.82, 2.24) is 5.32 Å². The summed E-state index contributed by atoms with van der Waals surface area (Å²) in [5.74, 6) is 1.97. The molecule has 19 heavy (non-hydrogen) atoms. The molecule has 1 atom stereocenters. The average molecular weight is 309 g/mol. The molecular formula is C13H27NO3S2. The van der Waals surface area contributed by atoms with E-state index < -0.39 is 9.15 Å². The molecule has 1 unspecified atom stereocenters. The van der Waals surface area contributed by atoms with Crippen molar-refractivity contribution in [3.8, 4) is 0 Å². The molecule has 1 aliphatic carbocycles. The van der Waals surface area contributed by atoms with Crippen molar-refractivity contribution in [3.05, 3.63) is 0 Å². The quantitative estimate of drug-likeness (QED) is 0.389. The largest absolute Gasteiger partial charge is 0.319 e. The van der Waals surface area contributed by atoms with Crippen LogP contribution >= 0.6 is 10.8 Å². The predicted molar refractivity (Wildman–Crippen MR) is 81.8 cm³/mol. The average Bonchev–Trinajstić information content (AvgIpc) is 2.37. The van der Waals surface area contributed by atoms with Gasteiger partial charge in [0, 0.05) is 12.3 Å². The third-order valence-corrected chi connectivity index (χ3v) is 5.96. The number of rotatable bonds is 9. The number of hydrogen-bond donors (Lipinski definition) is 2. The minimum Gasteiger partial charge on any atom is -0.316 e. The maximum absolute atomic E-state index is 10.6. The van der Waals surface area contributed by atoms with Gasteiger partial charge in [-0.25, -0.2) is 0 Å². The summed E-state index contributed by atoms with van der Waals surface area (Å²) >= 11 is 0. The molecule has 0 amide bonds. The van der Waals surface area contributed by atoms with E-state index >= 15 is 0 Å². The van der Waals surface area contributed by atoms with Gasteiger partial charge in [-0.2, -0.15) is 8.42 Å². The van der Waals surface area contributed by atoms with Crippen LogP contribution in [0.4, 0.5) is 0 Å². The fourth-order valence-corrected chi connectivity index (χ4v) is 4.31. The molecule has 0 aromatic rings. The van der Waals surface area contributed by atoms with Crippen molar-refractivity contribution < 1.29 is 13.0 Å². The topological polar surface area (TPSA) is 66.4 Å². The zero-order chi connectivity index (χ0) is 14.1. The highest BCUT2D eigenvalue weighted by molar-refractivity contribution is 8.69. The fraction of sp³-hybridized carbons (Fsp3) is 1.00. The lowest BCUT2D eigenvalue weighted by molar-refractivity contribution is 0.229. The van der Waals surface area contributed by atoms with Gasteiger partial charge in [-0.3, -0.25) is 4.55 Å². The molecule has 0 aliphatic heterocycles. The van der Waals surface area contributed by atoms with Crippen LogP contribution in [0.25, 0.3) is 0 Å². The third-order valence-electron chi connectivity index (χ3n) is 3.89. The standard InChI is InChI=1S/C13H27NO3S2/c1-2-6-13(12-7-4-3-5-8-12)11-14-9-10-18-19(15,16)17/h12-14H,2-11H2,1H3,(H,15,16,17). The summed E-state index contributed by atoms with van der Waals surface area (Å²) in [5, 5.41) is 3.34. The molecule has 2 N–H and O–H groups in total. The zero-order valence-electron chi connectivity index (χ0n) is 11.8. The predicted octanol–water partition coefficient (Wildman–Crippen LogP) is 3.11. The molecule has 0 bridgehead atoms. The molecule has 1 rings (SSSR count). The van der Waals surface area contributed by atoms with Crippen molar-refractivity contribution in [2.75, 3.05) is 18.8 Å². The molecular weight excluding hydrogens is 282 g/mol. The van der Waals surface area contributed by atoms with Crippen LogP contribution in [0.5, 0.6) is 0 Å². The number of hydrogen-bond acceptors (Lipinski definition) is 4. The van der Waals surface area contributed by atoms with Crippen molar-refractivity contribution in [1.29, 1.82) is 0 Å². The Morgan fingerprint density at radius 1 is 1.32 bits per heavy atom. The molecule has 1 saturated carbocycles. The third kappa shape index (κ3) is 8.17. The normalized spacial score (nSPS) is 19.5. The van der Waals surface area contributed by atoms with Gasteiger partial charge in [0.1, 0.15) is 0 Å². The van der Waals surface area contributed by atoms with E-state index in [1.165, 1.54) is 44.9 Å². The Labute approximate surface area is 121 Å². The highest BCUT2D eigenvalue weighted by Gasteiger charge is 2.22. The lowest BCUT2D eigenvalue weighted by Gasteiger charge is -2.30. The van der Waals surface area contributed by atoms with E-state index in [0.717, 1.165) is 18.4 Å². The van der Waals surface area contributed by atoms with Crippen LogP contribution in [-0.2, 0) is 9.15 Å². The fourth-order valence-electron chi connectivity index (χ4n) is 2.99. The summed E-state index contributed by atoms with van der Waals surface area (Å²) < 4.78 is 29.8. The maximum atomic E-state index is 10.6. The molecule has 6 heteroatoms. The van der Waals surface area contributed by atoms with Gasteiger partial charge in [-0.1, -0.05) is 45.4 Å². The Bertz CT molecular complexity index is 327. The van der Waals surface area contributed by atoms with Crippen LogP contribution < -0.4 is 5.32 Å². The second kappa shape index (κ2) is 9.21. The van der Waals surface area contributed by atoms with Crippen LogP contribution in [0, 0.1) is 11.8 Å². The first kappa shape index (κ1) is 17.3. The smallest absolute Gasteiger partial charge is 0.316 e. The van der Waals surface area contributed by atoms with Crippen LogP contribution in [-0.4, -0.2) is 31.8 Å². The van der Waals surface area contributed by atoms with Gasteiger partial charge in [0.25, 0.3) is 0 Å². The van der Waals surface area contributed by atoms with Gasteiger partial charge < -0.3 is 5.32 Å². The van der Waals surface area contributed by atoms with E-state index in [9.17, 15) is 8.42 Å². The van der Waals surface area contributed by atoms with Crippen molar-refractivity contribution >= 4 is 19.9 Å². The minimum absolute atomic E-state index is 0.405. The van der Waals surface area contributed by atoms with Gasteiger partial charge in [0.15, 0.2) is 0 Å². The van der Waals surface area contributed by atoms with Crippen LogP contribution in [0.3, 0.4) is 0 Å². The first-order valence-corrected chi connectivity index (χ1v) is 10.3. The van der Waals surface area contributed by atoms with E-state index in [-0.39, 0.29) is 0 Å². The maximum Gasteiger partial charge on any atom is 0.319 e. The van der Waals surface area contributed by atoms with Gasteiger partial charge in [-0.05, 0) is 35.6 Å². The summed E-state index contributed by atoms with van der Waals surface area (Å²) in [6, 6.07) is 0. The second-order valence-electron chi connectivity index (χ2n) is 5.40. The van der Waals surface area contributed by atoms with Gasteiger partial charge in [-0.15, -0.1) is 0 Å². The Morgan fingerprint density at radius 3 is 2.58 bits per heavy atom. The van der Waals surface area contributed by atoms with E-state index in [4.69, 9.17) is 4.55 Å². The summed E-state index contributed by atoms with van der Waals surface area (Å²) in [6.07, 6.45) is 9.28. The Kier molecular flexibility index (Phi) is 8.37. The van der Waals surface area contributed by atoms with Crippen LogP contribution in [0.15, 0.2) is 0 Å². The molecule has 0 aromatic heterocycles. The monoisotopic (exact) mass is 309 g/mol. The Balaban J connectivity index is 2.21. The molecule has 4 nitrogen and oxygen atoms in total. The molecule has 1 aliphatic rings. The zero-order valence-corrected chi connectivity index (χ0v) is 13.4. The first-order chi connectivity index (χ1) is 9.03. The minimum atomic E-state index is -3.88. The highest BCUT2D eigenvalue weighted by Crippen LogP contribution is 2.32. The van der Waals surface area contributed by atoms with Gasteiger partial charge in [0.05, 0.1) is 0 Å². The van der Waals surface area contributed by atoms with E-state index in [1.54, 1.807) is 0 Å². The van der Waals surface area contributed by atoms with Crippen molar-refractivity contribution in [3.63, 3.8) is 0 Å². The number of nitrogens with one attached hydrogen (secondary N) is 1. The molecule has 0 spiro atoms. The van der Waals surface area contributed by atoms with Crippen LogP contribution in [0.2, 0.25) is 0 Å². The van der Waals surface area contributed by atoms with E-state index in [1.807, 2.05) is 0 Å². The molecule has 0 radical (unpaired) electrons. The molecule has 0 heterocycles. The van der Waals surface area contributed by atoms with Gasteiger partial charge in [0.2, 0.25) is 0 Å². The second-order valence-corrected chi connectivity index (χ2v) is 8.87. The lowest BCUT2D eigenvalue weighted by Crippen LogP contribution is -2.31. The van der Waals surface area contributed by atoms with E-state index in [0.29, 0.717) is 23.1 Å². The molecule has 1 fully saturated rings. The van der Waals surface area contributed by atoms with Gasteiger partial charge >= 0.3 is 9.15 Å². The summed E-state index contributed by atoms with van der Waals surface area (Å²) in [6.45, 7) is 3.84. The summed E-state index contributed by atoms with van der Waals surface area (Å²) in [5.41, 5.74) is 0. The molecule has 114 valence electrons. The molecule has 0 aromatic carbocycles. The Morgan fingerprint density at radius 2 is 2.00 bits per heavy atom.